The molecule has 6 nitrogen and oxygen atoms in total. The van der Waals surface area contributed by atoms with Gasteiger partial charge in [0.15, 0.2) is 11.6 Å². The van der Waals surface area contributed by atoms with E-state index in [2.05, 4.69) is 10.0 Å². The lowest BCUT2D eigenvalue weighted by molar-refractivity contribution is 0.426. The van der Waals surface area contributed by atoms with Gasteiger partial charge in [0.2, 0.25) is 0 Å². The number of benzene rings is 2. The molecule has 0 fully saturated rings. The predicted molar refractivity (Wildman–Crippen MR) is 112 cm³/mol. The molecule has 2 aromatic carbocycles. The van der Waals surface area contributed by atoms with E-state index in [-0.39, 0.29) is 24.5 Å². The number of hydrogen-bond acceptors (Lipinski definition) is 4. The number of halogens is 4. The van der Waals surface area contributed by atoms with Gasteiger partial charge in [0, 0.05) is 16.7 Å². The number of anilines is 3. The quantitative estimate of drug-likeness (QED) is 0.433. The number of hydrogen-bond donors (Lipinski definition) is 3. The highest BCUT2D eigenvalue weighted by Gasteiger charge is 2.23. The van der Waals surface area contributed by atoms with Crippen LogP contribution in [0.2, 0.25) is 0 Å². The van der Waals surface area contributed by atoms with Crippen molar-refractivity contribution in [3.8, 4) is 0 Å². The molecule has 0 radical (unpaired) electrons. The van der Waals surface area contributed by atoms with Gasteiger partial charge in [-0.15, -0.1) is 0 Å². The maximum absolute atomic E-state index is 14.4. The molecule has 0 atom stereocenters. The Balaban J connectivity index is 2.41. The lowest BCUT2D eigenvalue weighted by Crippen LogP contribution is -2.37. The topological polar surface area (TPSA) is 87.5 Å². The molecule has 4 N–H and O–H groups in total. The normalized spacial score (nSPS) is 11.7. The number of nitrogens with one attached hydrogen (secondary N) is 2. The van der Waals surface area contributed by atoms with Crippen LogP contribution in [0.25, 0.3) is 0 Å². The van der Waals surface area contributed by atoms with Gasteiger partial charge in [-0.05, 0) is 65.9 Å². The molecule has 0 unspecified atom stereocenters. The third-order valence-corrected chi connectivity index (χ3v) is 6.10. The first kappa shape index (κ1) is 22.7. The minimum atomic E-state index is -4.06. The second-order valence-electron chi connectivity index (χ2n) is 5.77. The van der Waals surface area contributed by atoms with Crippen molar-refractivity contribution in [3.05, 3.63) is 51.4 Å². The van der Waals surface area contributed by atoms with Crippen LogP contribution < -0.4 is 15.8 Å². The zero-order valence-corrected chi connectivity index (χ0v) is 18.0. The summed E-state index contributed by atoms with van der Waals surface area (Å²) in [5, 5.41) is 2.44. The van der Waals surface area contributed by atoms with Crippen molar-refractivity contribution in [2.24, 2.45) is 5.73 Å². The van der Waals surface area contributed by atoms with E-state index in [1.807, 2.05) is 22.6 Å². The highest BCUT2D eigenvalue weighted by atomic mass is 127. The maximum Gasteiger partial charge on any atom is 0.301 e. The summed E-state index contributed by atoms with van der Waals surface area (Å²) < 4.78 is 71.4. The Bertz CT molecular complexity index is 944. The van der Waals surface area contributed by atoms with Gasteiger partial charge in [0.25, 0.3) is 0 Å². The summed E-state index contributed by atoms with van der Waals surface area (Å²) in [7, 11) is -4.06. The molecule has 2 aromatic rings. The molecule has 11 heteroatoms. The van der Waals surface area contributed by atoms with Crippen LogP contribution in [-0.4, -0.2) is 32.4 Å². The Morgan fingerprint density at radius 2 is 1.79 bits per heavy atom. The molecule has 0 spiro atoms. The first-order chi connectivity index (χ1) is 13.2. The standard InChI is InChI=1S/C17H20F3IN4O2S/c1-2-25(9-3-8-22)28(26,27)24-15-7-5-12(18)16(20)17(15)23-14-6-4-11(21)10-13(14)19/h4-7,10,23-24H,2-3,8-9,22H2,1H3. The van der Waals surface area contributed by atoms with E-state index >= 15 is 0 Å². The molecule has 0 aliphatic carbocycles. The predicted octanol–water partition coefficient (Wildman–Crippen LogP) is 3.78. The van der Waals surface area contributed by atoms with Crippen molar-refractivity contribution < 1.29 is 21.6 Å². The van der Waals surface area contributed by atoms with Crippen LogP contribution in [0.15, 0.2) is 30.3 Å². The molecule has 0 aliphatic heterocycles. The summed E-state index contributed by atoms with van der Waals surface area (Å²) in [6.07, 6.45) is 0.436. The average molecular weight is 528 g/mol. The van der Waals surface area contributed by atoms with Gasteiger partial charge in [-0.2, -0.15) is 12.7 Å². The van der Waals surface area contributed by atoms with Crippen molar-refractivity contribution in [1.29, 1.82) is 0 Å². The molecule has 2 rings (SSSR count). The zero-order valence-electron chi connectivity index (χ0n) is 15.0. The molecule has 0 bridgehead atoms. The van der Waals surface area contributed by atoms with E-state index < -0.39 is 33.3 Å². The van der Waals surface area contributed by atoms with Crippen LogP contribution in [0.1, 0.15) is 13.3 Å². The molecule has 0 aliphatic rings. The third-order valence-electron chi connectivity index (χ3n) is 3.83. The monoisotopic (exact) mass is 528 g/mol. The first-order valence-corrected chi connectivity index (χ1v) is 10.9. The van der Waals surface area contributed by atoms with Gasteiger partial charge in [0.05, 0.1) is 11.4 Å². The number of rotatable bonds is 9. The van der Waals surface area contributed by atoms with Crippen molar-refractivity contribution in [1.82, 2.24) is 4.31 Å². The lowest BCUT2D eigenvalue weighted by atomic mass is 10.2. The summed E-state index contributed by atoms with van der Waals surface area (Å²) in [6, 6.07) is 5.98. The highest BCUT2D eigenvalue weighted by molar-refractivity contribution is 14.1. The Hall–Kier alpha value is -1.57. The minimum absolute atomic E-state index is 0.124. The molecule has 0 heterocycles. The van der Waals surface area contributed by atoms with Crippen molar-refractivity contribution in [3.63, 3.8) is 0 Å². The first-order valence-electron chi connectivity index (χ1n) is 8.37. The fourth-order valence-corrected chi connectivity index (χ4v) is 4.14. The van der Waals surface area contributed by atoms with Crippen molar-refractivity contribution in [2.45, 2.75) is 13.3 Å². The van der Waals surface area contributed by atoms with Crippen LogP contribution in [0.3, 0.4) is 0 Å². The van der Waals surface area contributed by atoms with E-state index in [1.165, 1.54) is 12.1 Å². The van der Waals surface area contributed by atoms with Crippen LogP contribution in [0, 0.1) is 21.0 Å². The van der Waals surface area contributed by atoms with E-state index in [4.69, 9.17) is 5.73 Å². The highest BCUT2D eigenvalue weighted by Crippen LogP contribution is 2.32. The van der Waals surface area contributed by atoms with Crippen molar-refractivity contribution in [2.75, 3.05) is 29.7 Å². The molecule has 0 aromatic heterocycles. The molecule has 0 amide bonds. The van der Waals surface area contributed by atoms with Gasteiger partial charge in [-0.1, -0.05) is 6.92 Å². The van der Waals surface area contributed by atoms with E-state index in [9.17, 15) is 21.6 Å². The summed E-state index contributed by atoms with van der Waals surface area (Å²) in [6.45, 7) is 2.27. The van der Waals surface area contributed by atoms with Crippen molar-refractivity contribution >= 4 is 49.9 Å². The minimum Gasteiger partial charge on any atom is -0.349 e. The lowest BCUT2D eigenvalue weighted by Gasteiger charge is -2.22. The fraction of sp³-hybridized carbons (Fsp3) is 0.294. The molecule has 28 heavy (non-hydrogen) atoms. The van der Waals surface area contributed by atoms with E-state index in [1.54, 1.807) is 13.0 Å². The Labute approximate surface area is 175 Å². The molecule has 154 valence electrons. The van der Waals surface area contributed by atoms with Crippen LogP contribution in [0.4, 0.5) is 30.2 Å². The zero-order chi connectivity index (χ0) is 20.9. The molecule has 0 saturated heterocycles. The maximum atomic E-state index is 14.4. The van der Waals surface area contributed by atoms with Crippen LogP contribution in [0.5, 0.6) is 0 Å². The third kappa shape index (κ3) is 5.49. The van der Waals surface area contributed by atoms with E-state index in [0.717, 1.165) is 16.4 Å². The van der Waals surface area contributed by atoms with Gasteiger partial charge in [-0.3, -0.25) is 4.72 Å². The Morgan fingerprint density at radius 1 is 1.11 bits per heavy atom. The second-order valence-corrected chi connectivity index (χ2v) is 8.69. The van der Waals surface area contributed by atoms with Gasteiger partial charge >= 0.3 is 10.2 Å². The average Bonchev–Trinajstić information content (AvgIpc) is 2.63. The summed E-state index contributed by atoms with van der Waals surface area (Å²) >= 11 is 1.90. The van der Waals surface area contributed by atoms with Gasteiger partial charge < -0.3 is 11.1 Å². The SMILES string of the molecule is CCN(CCCN)S(=O)(=O)Nc1ccc(F)c(F)c1Nc1ccc(I)cc1F. The van der Waals surface area contributed by atoms with E-state index in [0.29, 0.717) is 16.5 Å². The summed E-state index contributed by atoms with van der Waals surface area (Å²) in [4.78, 5) is 0. The molecular weight excluding hydrogens is 508 g/mol. The Morgan fingerprint density at radius 3 is 2.39 bits per heavy atom. The largest absolute Gasteiger partial charge is 0.349 e. The number of nitrogens with two attached hydrogens (primary N) is 1. The van der Waals surface area contributed by atoms with Gasteiger partial charge in [-0.25, -0.2) is 13.2 Å². The fourth-order valence-electron chi connectivity index (χ4n) is 2.40. The molecular formula is C17H20F3IN4O2S. The smallest absolute Gasteiger partial charge is 0.301 e. The Kier molecular flexibility index (Phi) is 7.92. The summed E-state index contributed by atoms with van der Waals surface area (Å²) in [5.74, 6) is -3.22. The second kappa shape index (κ2) is 9.76. The number of nitrogens with zero attached hydrogens (tertiary/aromatic N) is 1. The summed E-state index contributed by atoms with van der Waals surface area (Å²) in [5.41, 5.74) is 4.53. The van der Waals surface area contributed by atoms with Crippen LogP contribution >= 0.6 is 22.6 Å². The molecule has 0 saturated carbocycles. The van der Waals surface area contributed by atoms with Gasteiger partial charge in [0.1, 0.15) is 11.5 Å². The van der Waals surface area contributed by atoms with Crippen LogP contribution in [-0.2, 0) is 10.2 Å².